The lowest BCUT2D eigenvalue weighted by atomic mass is 10.1. The maximum Gasteiger partial charge on any atom is 0.254 e. The summed E-state index contributed by atoms with van der Waals surface area (Å²) in [5, 5.41) is 13.9. The molecule has 1 atom stereocenters. The van der Waals surface area contributed by atoms with E-state index < -0.39 is 23.6 Å². The fraction of sp³-hybridized carbons (Fsp3) is 0.231. The lowest BCUT2D eigenvalue weighted by Crippen LogP contribution is -2.31. The van der Waals surface area contributed by atoms with E-state index in [0.29, 0.717) is 28.1 Å². The summed E-state index contributed by atoms with van der Waals surface area (Å²) in [5.41, 5.74) is 7.73. The fourth-order valence-electron chi connectivity index (χ4n) is 3.51. The van der Waals surface area contributed by atoms with Gasteiger partial charge in [0.1, 0.15) is 23.2 Å². The third-order valence-electron chi connectivity index (χ3n) is 5.42. The van der Waals surface area contributed by atoms with Gasteiger partial charge in [-0.25, -0.2) is 8.78 Å². The lowest BCUT2D eigenvalue weighted by Gasteiger charge is -2.19. The zero-order valence-electron chi connectivity index (χ0n) is 20.2. The molecule has 0 fully saturated rings. The fourth-order valence-corrected chi connectivity index (χ4v) is 3.67. The highest BCUT2D eigenvalue weighted by atomic mass is 35.5. The number of anilines is 1. The zero-order valence-corrected chi connectivity index (χ0v) is 21.8. The number of halogens is 4. The number of carbonyl (C=O) groups excluding carboxylic acids is 1. The molecule has 0 heterocycles. The molecule has 0 saturated carbocycles. The van der Waals surface area contributed by atoms with Crippen LogP contribution in [0.15, 0.2) is 54.6 Å². The maximum absolute atomic E-state index is 14.6. The Hall–Kier alpha value is -3.40. The van der Waals surface area contributed by atoms with Gasteiger partial charge in [-0.05, 0) is 42.8 Å². The van der Waals surface area contributed by atoms with Gasteiger partial charge >= 0.3 is 0 Å². The van der Waals surface area contributed by atoms with E-state index in [-0.39, 0.29) is 48.5 Å². The second kappa shape index (κ2) is 13.8. The number of nitrogen functional groups attached to an aromatic ring is 1. The van der Waals surface area contributed by atoms with Gasteiger partial charge in [0, 0.05) is 53.2 Å². The number of hydrogen-bond donors (Lipinski definition) is 4. The summed E-state index contributed by atoms with van der Waals surface area (Å²) in [5.74, 6) is -1.44. The minimum atomic E-state index is -1.17. The van der Waals surface area contributed by atoms with Crippen molar-refractivity contribution in [3.8, 4) is 5.75 Å². The number of benzene rings is 3. The number of nitrogens with one attached hydrogen (secondary N) is 3. The van der Waals surface area contributed by atoms with Crippen LogP contribution < -0.4 is 21.1 Å². The Labute approximate surface area is 225 Å². The number of methoxy groups -OCH3 is 1. The molecule has 0 aromatic heterocycles. The summed E-state index contributed by atoms with van der Waals surface area (Å²) < 4.78 is 39.4. The van der Waals surface area contributed by atoms with Crippen molar-refractivity contribution in [1.82, 2.24) is 5.32 Å². The van der Waals surface area contributed by atoms with Crippen molar-refractivity contribution in [1.29, 1.82) is 5.41 Å². The Morgan fingerprint density at radius 2 is 1.78 bits per heavy atom. The van der Waals surface area contributed by atoms with E-state index in [4.69, 9.17) is 32.2 Å². The molecule has 0 saturated heterocycles. The second-order valence-corrected chi connectivity index (χ2v) is 8.25. The molecule has 3 aromatic rings. The lowest BCUT2D eigenvalue weighted by molar-refractivity contribution is -0.133. The minimum absolute atomic E-state index is 0. The minimum Gasteiger partial charge on any atom is -0.497 e. The van der Waals surface area contributed by atoms with Crippen LogP contribution >= 0.6 is 24.0 Å². The summed E-state index contributed by atoms with van der Waals surface area (Å²) in [6.07, 6.45) is -1.17. The number of amides is 1. The van der Waals surface area contributed by atoms with Gasteiger partial charge in [0.25, 0.3) is 5.91 Å². The first kappa shape index (κ1) is 29.8. The van der Waals surface area contributed by atoms with E-state index in [2.05, 4.69) is 10.6 Å². The molecule has 1 unspecified atom stereocenters. The van der Waals surface area contributed by atoms with Crippen LogP contribution in [0.25, 0.3) is 0 Å². The van der Waals surface area contributed by atoms with E-state index in [0.717, 1.165) is 0 Å². The molecule has 0 aliphatic carbocycles. The van der Waals surface area contributed by atoms with E-state index in [1.54, 1.807) is 43.3 Å². The standard InChI is InChI=1S/C26H27ClF2N4O3.ClH/c1-3-36-24(20-9-8-19(35-2)12-22(20)29)26(34)33-14-17-5-4-15(25(30)31)10-23(17)32-13-16-6-7-18(27)11-21(16)28;/h4-12,24,32H,3,13-14H2,1-2H3,(H3,30,31)(H,33,34);1H. The maximum atomic E-state index is 14.6. The number of rotatable bonds is 11. The van der Waals surface area contributed by atoms with Gasteiger partial charge < -0.3 is 25.8 Å². The van der Waals surface area contributed by atoms with Crippen LogP contribution in [0, 0.1) is 17.0 Å². The highest BCUT2D eigenvalue weighted by molar-refractivity contribution is 6.30. The van der Waals surface area contributed by atoms with Gasteiger partial charge in [-0.3, -0.25) is 10.2 Å². The molecule has 11 heteroatoms. The third-order valence-corrected chi connectivity index (χ3v) is 5.65. The SMILES string of the molecule is CCOC(C(=O)NCc1ccc(C(=N)N)cc1NCc1ccc(Cl)cc1F)c1ccc(OC)cc1F.Cl. The number of carbonyl (C=O) groups is 1. The predicted molar refractivity (Wildman–Crippen MR) is 143 cm³/mol. The molecule has 37 heavy (non-hydrogen) atoms. The highest BCUT2D eigenvalue weighted by Crippen LogP contribution is 2.26. The van der Waals surface area contributed by atoms with Crippen LogP contribution in [0.1, 0.15) is 35.3 Å². The van der Waals surface area contributed by atoms with Crippen molar-refractivity contribution in [2.75, 3.05) is 19.0 Å². The summed E-state index contributed by atoms with van der Waals surface area (Å²) >= 11 is 5.82. The highest BCUT2D eigenvalue weighted by Gasteiger charge is 2.24. The quantitative estimate of drug-likeness (QED) is 0.189. The molecule has 7 nitrogen and oxygen atoms in total. The average Bonchev–Trinajstić information content (AvgIpc) is 2.85. The van der Waals surface area contributed by atoms with Gasteiger partial charge in [0.15, 0.2) is 6.10 Å². The van der Waals surface area contributed by atoms with Crippen LogP contribution in [-0.4, -0.2) is 25.5 Å². The normalized spacial score (nSPS) is 11.3. The summed E-state index contributed by atoms with van der Waals surface area (Å²) in [4.78, 5) is 13.0. The van der Waals surface area contributed by atoms with Crippen LogP contribution in [0.3, 0.4) is 0 Å². The van der Waals surface area contributed by atoms with Gasteiger partial charge in [-0.2, -0.15) is 0 Å². The van der Waals surface area contributed by atoms with Gasteiger partial charge in [0.2, 0.25) is 0 Å². The first-order valence-electron chi connectivity index (χ1n) is 11.1. The van der Waals surface area contributed by atoms with Crippen molar-refractivity contribution in [3.63, 3.8) is 0 Å². The van der Waals surface area contributed by atoms with Crippen LogP contribution in [0.5, 0.6) is 5.75 Å². The first-order chi connectivity index (χ1) is 17.2. The molecule has 3 aromatic carbocycles. The van der Waals surface area contributed by atoms with Gasteiger partial charge in [-0.1, -0.05) is 29.8 Å². The number of ether oxygens (including phenoxy) is 2. The summed E-state index contributed by atoms with van der Waals surface area (Å²) in [6, 6.07) is 13.5. The molecular weight excluding hydrogens is 525 g/mol. The van der Waals surface area contributed by atoms with Crippen LogP contribution in [0.4, 0.5) is 14.5 Å². The van der Waals surface area contributed by atoms with Crippen molar-refractivity contribution >= 4 is 41.4 Å². The first-order valence-corrected chi connectivity index (χ1v) is 11.5. The van der Waals surface area contributed by atoms with E-state index in [1.807, 2.05) is 0 Å². The molecule has 1 amide bonds. The van der Waals surface area contributed by atoms with Crippen LogP contribution in [0.2, 0.25) is 5.02 Å². The molecule has 0 radical (unpaired) electrons. The Balaban J connectivity index is 0.00000481. The molecule has 198 valence electrons. The molecule has 3 rings (SSSR count). The second-order valence-electron chi connectivity index (χ2n) is 7.82. The van der Waals surface area contributed by atoms with E-state index >= 15 is 0 Å². The topological polar surface area (TPSA) is 109 Å². The average molecular weight is 553 g/mol. The molecule has 0 aliphatic rings. The summed E-state index contributed by atoms with van der Waals surface area (Å²) in [7, 11) is 1.42. The molecule has 0 spiro atoms. The van der Waals surface area contributed by atoms with E-state index in [9.17, 15) is 13.6 Å². The number of hydrogen-bond acceptors (Lipinski definition) is 5. The Bertz CT molecular complexity index is 1260. The smallest absolute Gasteiger partial charge is 0.254 e. The molecule has 0 aliphatic heterocycles. The Morgan fingerprint density at radius 3 is 2.41 bits per heavy atom. The largest absolute Gasteiger partial charge is 0.497 e. The zero-order chi connectivity index (χ0) is 26.2. The van der Waals surface area contributed by atoms with Gasteiger partial charge in [0.05, 0.1) is 7.11 Å². The molecule has 5 N–H and O–H groups in total. The Kier molecular flexibility index (Phi) is 11.1. The monoisotopic (exact) mass is 552 g/mol. The number of amidine groups is 1. The van der Waals surface area contributed by atoms with Gasteiger partial charge in [-0.15, -0.1) is 12.4 Å². The summed E-state index contributed by atoms with van der Waals surface area (Å²) in [6.45, 7) is 2.09. The molecule has 0 bridgehead atoms. The number of nitrogens with two attached hydrogens (primary N) is 1. The van der Waals surface area contributed by atoms with Crippen molar-refractivity contribution in [2.24, 2.45) is 5.73 Å². The molecular formula is C26H28Cl2F2N4O3. The van der Waals surface area contributed by atoms with Crippen molar-refractivity contribution in [2.45, 2.75) is 26.1 Å². The Morgan fingerprint density at radius 1 is 1.05 bits per heavy atom. The van der Waals surface area contributed by atoms with E-state index in [1.165, 1.54) is 25.3 Å². The van der Waals surface area contributed by atoms with Crippen molar-refractivity contribution < 1.29 is 23.0 Å². The predicted octanol–water partition coefficient (Wildman–Crippen LogP) is 5.34. The van der Waals surface area contributed by atoms with Crippen molar-refractivity contribution in [3.05, 3.63) is 93.5 Å². The third kappa shape index (κ3) is 7.79. The van der Waals surface area contributed by atoms with Crippen LogP contribution in [-0.2, 0) is 22.6 Å².